The molecular formula is C21H19BrClN3O5. The van der Waals surface area contributed by atoms with Crippen LogP contribution in [0.1, 0.15) is 22.3 Å². The number of amides is 3. The molecule has 2 aromatic carbocycles. The summed E-state index contributed by atoms with van der Waals surface area (Å²) in [6.45, 7) is 1.30. The lowest BCUT2D eigenvalue weighted by Gasteiger charge is -2.18. The van der Waals surface area contributed by atoms with Gasteiger partial charge in [0.25, 0.3) is 11.8 Å². The van der Waals surface area contributed by atoms with Crippen LogP contribution >= 0.6 is 27.5 Å². The molecule has 8 nitrogen and oxygen atoms in total. The second kappa shape index (κ2) is 9.93. The van der Waals surface area contributed by atoms with Gasteiger partial charge in [-0.15, -0.1) is 0 Å². The third kappa shape index (κ3) is 5.83. The summed E-state index contributed by atoms with van der Waals surface area (Å²) < 4.78 is 5.94. The van der Waals surface area contributed by atoms with Crippen molar-refractivity contribution in [3.8, 4) is 0 Å². The van der Waals surface area contributed by atoms with E-state index in [0.717, 1.165) is 15.0 Å². The zero-order valence-corrected chi connectivity index (χ0v) is 18.8. The van der Waals surface area contributed by atoms with Crippen LogP contribution in [-0.4, -0.2) is 41.9 Å². The van der Waals surface area contributed by atoms with Gasteiger partial charge in [-0.25, -0.2) is 0 Å². The van der Waals surface area contributed by atoms with Crippen LogP contribution < -0.4 is 10.7 Å². The van der Waals surface area contributed by atoms with E-state index in [1.54, 1.807) is 30.3 Å². The third-order valence-electron chi connectivity index (χ3n) is 4.62. The Morgan fingerprint density at radius 2 is 1.97 bits per heavy atom. The van der Waals surface area contributed by atoms with Gasteiger partial charge in [0.1, 0.15) is 0 Å². The van der Waals surface area contributed by atoms with Gasteiger partial charge in [-0.1, -0.05) is 39.7 Å². The summed E-state index contributed by atoms with van der Waals surface area (Å²) in [5.41, 5.74) is 4.11. The number of hydrogen-bond donors (Lipinski definition) is 2. The number of rotatable bonds is 6. The number of halogens is 2. The average Bonchev–Trinajstić information content (AvgIpc) is 3.09. The van der Waals surface area contributed by atoms with Crippen LogP contribution in [-0.2, 0) is 19.1 Å². The van der Waals surface area contributed by atoms with Gasteiger partial charge in [0.15, 0.2) is 6.61 Å². The predicted molar refractivity (Wildman–Crippen MR) is 117 cm³/mol. The Bertz CT molecular complexity index is 1050. The van der Waals surface area contributed by atoms with Crippen LogP contribution in [0, 0.1) is 12.8 Å². The molecule has 0 spiro atoms. The summed E-state index contributed by atoms with van der Waals surface area (Å²) in [4.78, 5) is 48.9. The van der Waals surface area contributed by atoms with Gasteiger partial charge < -0.3 is 10.1 Å². The summed E-state index contributed by atoms with van der Waals surface area (Å²) in [7, 11) is 0. The van der Waals surface area contributed by atoms with Crippen molar-refractivity contribution in [3.05, 3.63) is 63.1 Å². The van der Waals surface area contributed by atoms with Crippen LogP contribution in [0.15, 0.2) is 46.9 Å². The molecule has 3 amide bonds. The van der Waals surface area contributed by atoms with Gasteiger partial charge in [0.2, 0.25) is 5.91 Å². The van der Waals surface area contributed by atoms with Gasteiger partial charge in [0.05, 0.1) is 23.0 Å². The Labute approximate surface area is 192 Å². The lowest BCUT2D eigenvalue weighted by Crippen LogP contribution is -2.43. The van der Waals surface area contributed by atoms with Crippen molar-refractivity contribution < 1.29 is 23.9 Å². The Morgan fingerprint density at radius 3 is 2.68 bits per heavy atom. The van der Waals surface area contributed by atoms with Gasteiger partial charge in [-0.05, 0) is 42.8 Å². The summed E-state index contributed by atoms with van der Waals surface area (Å²) in [5, 5.41) is 3.97. The van der Waals surface area contributed by atoms with Crippen molar-refractivity contribution in [2.75, 3.05) is 18.5 Å². The third-order valence-corrected chi connectivity index (χ3v) is 5.44. The van der Waals surface area contributed by atoms with Crippen LogP contribution in [0.3, 0.4) is 0 Å². The first-order chi connectivity index (χ1) is 14.7. The smallest absolute Gasteiger partial charge is 0.311 e. The fraction of sp³-hybridized carbons (Fsp3) is 0.238. The molecule has 1 aliphatic rings. The van der Waals surface area contributed by atoms with Crippen LogP contribution in [0.4, 0.5) is 5.69 Å². The monoisotopic (exact) mass is 507 g/mol. The highest BCUT2D eigenvalue weighted by Crippen LogP contribution is 2.21. The van der Waals surface area contributed by atoms with Crippen molar-refractivity contribution >= 4 is 56.9 Å². The molecule has 31 heavy (non-hydrogen) atoms. The molecule has 0 unspecified atom stereocenters. The number of aryl methyl sites for hydroxylation is 1. The highest BCUT2D eigenvalue weighted by Gasteiger charge is 2.37. The molecule has 0 aliphatic carbocycles. The molecule has 0 bridgehead atoms. The molecular weight excluding hydrogens is 490 g/mol. The SMILES string of the molecule is Cc1cc(Br)ccc1NC(=O)COC(=O)[C@@H]1CC(=O)N(NC(=O)c2ccccc2Cl)C1. The molecule has 162 valence electrons. The maximum Gasteiger partial charge on any atom is 0.311 e. The number of carbonyl (C=O) groups is 4. The topological polar surface area (TPSA) is 105 Å². The zero-order valence-electron chi connectivity index (χ0n) is 16.5. The Kier molecular flexibility index (Phi) is 7.29. The fourth-order valence-electron chi connectivity index (χ4n) is 3.01. The first-order valence-corrected chi connectivity index (χ1v) is 10.5. The van der Waals surface area contributed by atoms with Crippen LogP contribution in [0.5, 0.6) is 0 Å². The van der Waals surface area contributed by atoms with E-state index in [2.05, 4.69) is 26.7 Å². The number of nitrogens with zero attached hydrogens (tertiary/aromatic N) is 1. The van der Waals surface area contributed by atoms with E-state index in [4.69, 9.17) is 16.3 Å². The van der Waals surface area contributed by atoms with Crippen LogP contribution in [0.25, 0.3) is 0 Å². The number of nitrogens with one attached hydrogen (secondary N) is 2. The summed E-state index contributed by atoms with van der Waals surface area (Å²) in [6, 6.07) is 11.8. The average molecular weight is 509 g/mol. The van der Waals surface area contributed by atoms with E-state index in [1.165, 1.54) is 6.07 Å². The quantitative estimate of drug-likeness (QED) is 0.584. The van der Waals surface area contributed by atoms with Crippen molar-refractivity contribution in [1.29, 1.82) is 0 Å². The number of ether oxygens (including phenoxy) is 1. The Balaban J connectivity index is 1.50. The van der Waals surface area contributed by atoms with E-state index in [0.29, 0.717) is 5.69 Å². The van der Waals surface area contributed by atoms with E-state index in [-0.39, 0.29) is 23.6 Å². The van der Waals surface area contributed by atoms with Gasteiger partial charge in [-0.2, -0.15) is 0 Å². The lowest BCUT2D eigenvalue weighted by atomic mass is 10.1. The Hall–Kier alpha value is -2.91. The molecule has 0 saturated carbocycles. The second-order valence-electron chi connectivity index (χ2n) is 6.94. The fourth-order valence-corrected chi connectivity index (χ4v) is 3.71. The molecule has 1 saturated heterocycles. The maximum atomic E-state index is 12.3. The van der Waals surface area contributed by atoms with Crippen molar-refractivity contribution in [1.82, 2.24) is 10.4 Å². The number of anilines is 1. The zero-order chi connectivity index (χ0) is 22.5. The number of carbonyl (C=O) groups excluding carboxylic acids is 4. The number of esters is 1. The van der Waals surface area contributed by atoms with Crippen molar-refractivity contribution in [2.24, 2.45) is 5.92 Å². The predicted octanol–water partition coefficient (Wildman–Crippen LogP) is 3.09. The minimum atomic E-state index is -0.790. The molecule has 10 heteroatoms. The summed E-state index contributed by atoms with van der Waals surface area (Å²) >= 11 is 9.33. The molecule has 1 aliphatic heterocycles. The standard InChI is InChI=1S/C21H19BrClN3O5/c1-12-8-14(22)6-7-17(12)24-18(27)11-31-21(30)13-9-19(28)26(10-13)25-20(29)15-4-2-3-5-16(15)23/h2-8,13H,9-11H2,1H3,(H,24,27)(H,25,29)/t13-/m1/s1. The second-order valence-corrected chi connectivity index (χ2v) is 8.26. The molecule has 2 N–H and O–H groups in total. The molecule has 1 fully saturated rings. The molecule has 1 atom stereocenters. The lowest BCUT2D eigenvalue weighted by molar-refractivity contribution is -0.151. The van der Waals surface area contributed by atoms with Gasteiger partial charge in [-0.3, -0.25) is 29.6 Å². The summed E-state index contributed by atoms with van der Waals surface area (Å²) in [6.07, 6.45) is -0.130. The summed E-state index contributed by atoms with van der Waals surface area (Å²) in [5.74, 6) is -2.96. The number of hydrazine groups is 1. The van der Waals surface area contributed by atoms with Gasteiger partial charge in [0, 0.05) is 16.6 Å². The highest BCUT2D eigenvalue weighted by atomic mass is 79.9. The maximum absolute atomic E-state index is 12.3. The largest absolute Gasteiger partial charge is 0.455 e. The molecule has 3 rings (SSSR count). The van der Waals surface area contributed by atoms with E-state index >= 15 is 0 Å². The van der Waals surface area contributed by atoms with Crippen molar-refractivity contribution in [2.45, 2.75) is 13.3 Å². The van der Waals surface area contributed by atoms with Crippen LogP contribution in [0.2, 0.25) is 5.02 Å². The minimum absolute atomic E-state index is 0.0543. The molecule has 1 heterocycles. The Morgan fingerprint density at radius 1 is 1.23 bits per heavy atom. The highest BCUT2D eigenvalue weighted by molar-refractivity contribution is 9.10. The minimum Gasteiger partial charge on any atom is -0.455 e. The first-order valence-electron chi connectivity index (χ1n) is 9.33. The van der Waals surface area contributed by atoms with E-state index < -0.39 is 36.2 Å². The number of benzene rings is 2. The van der Waals surface area contributed by atoms with Gasteiger partial charge >= 0.3 is 5.97 Å². The molecule has 0 aromatic heterocycles. The molecule has 2 aromatic rings. The molecule has 0 radical (unpaired) electrons. The van der Waals surface area contributed by atoms with E-state index in [1.807, 2.05) is 13.0 Å². The van der Waals surface area contributed by atoms with E-state index in [9.17, 15) is 19.2 Å². The van der Waals surface area contributed by atoms with Crippen molar-refractivity contribution in [3.63, 3.8) is 0 Å². The number of hydrogen-bond acceptors (Lipinski definition) is 5. The first kappa shape index (κ1) is 22.8. The normalized spacial score (nSPS) is 15.5.